The molecule has 2 atom stereocenters. The van der Waals surface area contributed by atoms with Crippen LogP contribution in [0.3, 0.4) is 0 Å². The fourth-order valence-electron chi connectivity index (χ4n) is 3.09. The van der Waals surface area contributed by atoms with E-state index in [1.165, 1.54) is 0 Å². The Morgan fingerprint density at radius 3 is 3.05 bits per heavy atom. The molecule has 1 aromatic carbocycles. The summed E-state index contributed by atoms with van der Waals surface area (Å²) in [5, 5.41) is 4.77. The topological polar surface area (TPSA) is 62.3 Å². The number of aromatic nitrogens is 1. The minimum Gasteiger partial charge on any atom is -0.356 e. The second-order valence-electron chi connectivity index (χ2n) is 5.46. The Labute approximate surface area is 131 Å². The monoisotopic (exact) mass is 339 g/mol. The molecular formula is C13H13N3O2S3. The maximum absolute atomic E-state index is 11.8. The van der Waals surface area contributed by atoms with Crippen LogP contribution in [-0.4, -0.2) is 42.1 Å². The van der Waals surface area contributed by atoms with Crippen LogP contribution in [-0.2, 0) is 9.84 Å². The number of benzene rings is 1. The quantitative estimate of drug-likeness (QED) is 0.794. The molecule has 110 valence electrons. The van der Waals surface area contributed by atoms with E-state index in [-0.39, 0.29) is 23.6 Å². The van der Waals surface area contributed by atoms with Gasteiger partial charge in [0.05, 0.1) is 38.8 Å². The Hall–Kier alpha value is -1.25. The van der Waals surface area contributed by atoms with Gasteiger partial charge in [-0.15, -0.1) is 11.3 Å². The standard InChI is InChI=1S/C13H13N3O2S3/c1-7-14-9-3-2-8(4-12(9)20-7)16-11-6-21(17,18)5-10(11)15-13(16)19/h2-4,10-11H,5-6H2,1H3,(H,15,19)/t10-,11-/m1/s1. The van der Waals surface area contributed by atoms with Gasteiger partial charge < -0.3 is 10.2 Å². The van der Waals surface area contributed by atoms with Crippen molar-refractivity contribution >= 4 is 54.4 Å². The number of thiocarbonyl (C=S) groups is 1. The molecule has 21 heavy (non-hydrogen) atoms. The average Bonchev–Trinajstić information content (AvgIpc) is 2.96. The van der Waals surface area contributed by atoms with Crippen LogP contribution in [0, 0.1) is 6.92 Å². The highest BCUT2D eigenvalue weighted by Gasteiger charge is 2.47. The van der Waals surface area contributed by atoms with Crippen molar-refractivity contribution in [2.24, 2.45) is 0 Å². The number of nitrogens with one attached hydrogen (secondary N) is 1. The lowest BCUT2D eigenvalue weighted by Crippen LogP contribution is -2.36. The zero-order valence-corrected chi connectivity index (χ0v) is 13.7. The highest BCUT2D eigenvalue weighted by atomic mass is 32.2. The van der Waals surface area contributed by atoms with Gasteiger partial charge in [-0.25, -0.2) is 13.4 Å². The molecule has 0 radical (unpaired) electrons. The third-order valence-corrected chi connectivity index (χ3v) is 6.90. The summed E-state index contributed by atoms with van der Waals surface area (Å²) in [5.41, 5.74) is 1.91. The summed E-state index contributed by atoms with van der Waals surface area (Å²) in [7, 11) is -2.98. The summed E-state index contributed by atoms with van der Waals surface area (Å²) in [5.74, 6) is 0.320. The van der Waals surface area contributed by atoms with Crippen molar-refractivity contribution in [2.45, 2.75) is 19.0 Å². The molecule has 2 aliphatic rings. The zero-order chi connectivity index (χ0) is 14.8. The highest BCUT2D eigenvalue weighted by molar-refractivity contribution is 7.91. The molecular weight excluding hydrogens is 326 g/mol. The van der Waals surface area contributed by atoms with Crippen molar-refractivity contribution in [1.82, 2.24) is 10.3 Å². The lowest BCUT2D eigenvalue weighted by Gasteiger charge is -2.23. The molecule has 1 aromatic heterocycles. The molecule has 1 N–H and O–H groups in total. The molecule has 0 aliphatic carbocycles. The first-order valence-corrected chi connectivity index (χ1v) is 9.65. The van der Waals surface area contributed by atoms with Crippen molar-refractivity contribution < 1.29 is 8.42 Å². The molecule has 0 bridgehead atoms. The Morgan fingerprint density at radius 1 is 1.43 bits per heavy atom. The Bertz CT molecular complexity index is 859. The maximum atomic E-state index is 11.8. The SMILES string of the molecule is Cc1nc2ccc(N3C(=S)N[C@@H]4CS(=O)(=O)C[C@H]43)cc2s1. The van der Waals surface area contributed by atoms with Crippen LogP contribution in [0.25, 0.3) is 10.2 Å². The van der Waals surface area contributed by atoms with E-state index in [0.29, 0.717) is 5.11 Å². The summed E-state index contributed by atoms with van der Waals surface area (Å²) in [6.07, 6.45) is 0. The van der Waals surface area contributed by atoms with Crippen LogP contribution in [0.4, 0.5) is 5.69 Å². The lowest BCUT2D eigenvalue weighted by atomic mass is 10.1. The van der Waals surface area contributed by atoms with Crippen LogP contribution in [0.1, 0.15) is 5.01 Å². The molecule has 5 nitrogen and oxygen atoms in total. The average molecular weight is 339 g/mol. The van der Waals surface area contributed by atoms with E-state index in [1.54, 1.807) is 11.3 Å². The van der Waals surface area contributed by atoms with Gasteiger partial charge in [-0.3, -0.25) is 0 Å². The van der Waals surface area contributed by atoms with Crippen molar-refractivity contribution in [3.63, 3.8) is 0 Å². The largest absolute Gasteiger partial charge is 0.356 e. The minimum atomic E-state index is -2.98. The second-order valence-corrected chi connectivity index (χ2v) is 9.23. The van der Waals surface area contributed by atoms with E-state index in [0.717, 1.165) is 20.9 Å². The number of hydrogen-bond donors (Lipinski definition) is 1. The summed E-state index contributed by atoms with van der Waals surface area (Å²) in [6.45, 7) is 1.98. The van der Waals surface area contributed by atoms with Gasteiger partial charge >= 0.3 is 0 Å². The van der Waals surface area contributed by atoms with Crippen molar-refractivity contribution in [2.75, 3.05) is 16.4 Å². The van der Waals surface area contributed by atoms with Gasteiger partial charge in [0.2, 0.25) is 0 Å². The number of aryl methyl sites for hydroxylation is 1. The summed E-state index contributed by atoms with van der Waals surface area (Å²) in [4.78, 5) is 6.39. The Morgan fingerprint density at radius 2 is 2.24 bits per heavy atom. The smallest absolute Gasteiger partial charge is 0.174 e. The zero-order valence-electron chi connectivity index (χ0n) is 11.2. The van der Waals surface area contributed by atoms with Crippen LogP contribution in [0.15, 0.2) is 18.2 Å². The predicted molar refractivity (Wildman–Crippen MR) is 88.8 cm³/mol. The van der Waals surface area contributed by atoms with Crippen molar-refractivity contribution in [1.29, 1.82) is 0 Å². The van der Waals surface area contributed by atoms with E-state index in [2.05, 4.69) is 10.3 Å². The molecule has 2 fully saturated rings. The first-order valence-electron chi connectivity index (χ1n) is 6.60. The van der Waals surface area contributed by atoms with Gasteiger partial charge in [-0.2, -0.15) is 0 Å². The third-order valence-electron chi connectivity index (χ3n) is 3.94. The Balaban J connectivity index is 1.78. The van der Waals surface area contributed by atoms with Gasteiger partial charge in [0.25, 0.3) is 0 Å². The Kier molecular flexibility index (Phi) is 2.79. The van der Waals surface area contributed by atoms with Crippen LogP contribution < -0.4 is 10.2 Å². The fraction of sp³-hybridized carbons (Fsp3) is 0.385. The molecule has 2 aromatic rings. The van der Waals surface area contributed by atoms with Crippen molar-refractivity contribution in [3.8, 4) is 0 Å². The fourth-order valence-corrected chi connectivity index (χ4v) is 6.23. The molecule has 0 amide bonds. The number of fused-ring (bicyclic) bond motifs is 2. The van der Waals surface area contributed by atoms with E-state index >= 15 is 0 Å². The van der Waals surface area contributed by atoms with E-state index in [9.17, 15) is 8.42 Å². The minimum absolute atomic E-state index is 0.0959. The van der Waals surface area contributed by atoms with E-state index < -0.39 is 9.84 Å². The molecule has 8 heteroatoms. The van der Waals surface area contributed by atoms with Crippen LogP contribution >= 0.6 is 23.6 Å². The number of hydrogen-bond acceptors (Lipinski definition) is 5. The molecule has 0 saturated carbocycles. The normalized spacial score (nSPS) is 27.1. The van der Waals surface area contributed by atoms with Crippen molar-refractivity contribution in [3.05, 3.63) is 23.2 Å². The summed E-state index contributed by atoms with van der Waals surface area (Å²) >= 11 is 7.02. The number of thiazole rings is 1. The first kappa shape index (κ1) is 13.4. The summed E-state index contributed by atoms with van der Waals surface area (Å²) in [6, 6.07) is 5.77. The van der Waals surface area contributed by atoms with Gasteiger partial charge in [-0.1, -0.05) is 0 Å². The van der Waals surface area contributed by atoms with E-state index in [1.807, 2.05) is 30.0 Å². The molecule has 4 rings (SSSR count). The lowest BCUT2D eigenvalue weighted by molar-refractivity contribution is 0.600. The summed E-state index contributed by atoms with van der Waals surface area (Å²) < 4.78 is 24.7. The van der Waals surface area contributed by atoms with Crippen LogP contribution in [0.5, 0.6) is 0 Å². The molecule has 2 aliphatic heterocycles. The number of sulfone groups is 1. The third kappa shape index (κ3) is 2.13. The van der Waals surface area contributed by atoms with Gasteiger partial charge in [0, 0.05) is 5.69 Å². The number of anilines is 1. The van der Waals surface area contributed by atoms with Gasteiger partial charge in [0.15, 0.2) is 14.9 Å². The van der Waals surface area contributed by atoms with Gasteiger partial charge in [-0.05, 0) is 37.3 Å². The number of rotatable bonds is 1. The molecule has 2 saturated heterocycles. The highest BCUT2D eigenvalue weighted by Crippen LogP contribution is 2.33. The van der Waals surface area contributed by atoms with Crippen LogP contribution in [0.2, 0.25) is 0 Å². The first-order chi connectivity index (χ1) is 9.93. The molecule has 0 unspecified atom stereocenters. The predicted octanol–water partition coefficient (Wildman–Crippen LogP) is 1.46. The molecule has 3 heterocycles. The number of nitrogens with zero attached hydrogens (tertiary/aromatic N) is 2. The second kappa shape index (κ2) is 4.37. The molecule has 0 spiro atoms. The maximum Gasteiger partial charge on any atom is 0.174 e. The van der Waals surface area contributed by atoms with E-state index in [4.69, 9.17) is 12.2 Å². The van der Waals surface area contributed by atoms with Gasteiger partial charge in [0.1, 0.15) is 0 Å².